The van der Waals surface area contributed by atoms with Crippen LogP contribution in [0.4, 0.5) is 4.39 Å². The fourth-order valence-corrected chi connectivity index (χ4v) is 3.15. The number of nitrogens with zero attached hydrogens (tertiary/aromatic N) is 2. The Hall–Kier alpha value is -2.66. The number of hydrogen-bond acceptors (Lipinski definition) is 3. The highest BCUT2D eigenvalue weighted by atomic mass is 19.1. The van der Waals surface area contributed by atoms with Crippen molar-refractivity contribution in [2.24, 2.45) is 0 Å². The maximum atomic E-state index is 14.6. The topological polar surface area (TPSA) is 39.1 Å². The minimum atomic E-state index is -0.330. The highest BCUT2D eigenvalue weighted by Crippen LogP contribution is 2.29. The molecule has 0 unspecified atom stereocenters. The van der Waals surface area contributed by atoms with Crippen LogP contribution in [0.2, 0.25) is 0 Å². The van der Waals surface area contributed by atoms with Crippen molar-refractivity contribution >= 4 is 0 Å². The van der Waals surface area contributed by atoms with Crippen molar-refractivity contribution in [1.29, 1.82) is 0 Å². The van der Waals surface area contributed by atoms with E-state index in [0.29, 0.717) is 28.8 Å². The molecule has 25 heavy (non-hydrogen) atoms. The van der Waals surface area contributed by atoms with Crippen LogP contribution in [0, 0.1) is 5.82 Å². The summed E-state index contributed by atoms with van der Waals surface area (Å²) in [5.41, 5.74) is 1.15. The summed E-state index contributed by atoms with van der Waals surface area (Å²) in [5.74, 6) is 0.832. The minimum Gasteiger partial charge on any atom is -0.457 e. The lowest BCUT2D eigenvalue weighted by molar-refractivity contribution is 0.343. The first-order chi connectivity index (χ1) is 12.3. The van der Waals surface area contributed by atoms with Gasteiger partial charge in [0, 0.05) is 17.8 Å². The summed E-state index contributed by atoms with van der Waals surface area (Å²) in [5, 5.41) is 7.93. The van der Waals surface area contributed by atoms with Gasteiger partial charge in [-0.3, -0.25) is 4.68 Å². The van der Waals surface area contributed by atoms with E-state index in [1.165, 1.54) is 6.07 Å². The van der Waals surface area contributed by atoms with Crippen molar-refractivity contribution in [2.45, 2.75) is 18.9 Å². The first kappa shape index (κ1) is 15.8. The Labute approximate surface area is 146 Å². The molecule has 128 valence electrons. The Bertz CT molecular complexity index is 841. The van der Waals surface area contributed by atoms with Crippen molar-refractivity contribution in [2.75, 3.05) is 13.1 Å². The average Bonchev–Trinajstić information content (AvgIpc) is 3.13. The molecule has 0 amide bonds. The molecule has 1 aliphatic rings. The predicted molar refractivity (Wildman–Crippen MR) is 95.3 cm³/mol. The number of aromatic nitrogens is 2. The summed E-state index contributed by atoms with van der Waals surface area (Å²) >= 11 is 0. The SMILES string of the molecule is Fc1cc(Oc2ccccc2)ccc1-c1ccn(C2CCNCC2)n1. The standard InChI is InChI=1S/C20H20FN3O/c21-19-14-17(25-16-4-2-1-3-5-16)6-7-18(19)20-10-13-24(23-20)15-8-11-22-12-9-15/h1-7,10,13-15,22H,8-9,11-12H2. The summed E-state index contributed by atoms with van der Waals surface area (Å²) in [4.78, 5) is 0. The van der Waals surface area contributed by atoms with E-state index in [1.807, 2.05) is 47.3 Å². The van der Waals surface area contributed by atoms with E-state index in [4.69, 9.17) is 4.74 Å². The lowest BCUT2D eigenvalue weighted by atomic mass is 10.1. The van der Waals surface area contributed by atoms with Gasteiger partial charge in [0.1, 0.15) is 17.3 Å². The van der Waals surface area contributed by atoms with Crippen LogP contribution < -0.4 is 10.1 Å². The van der Waals surface area contributed by atoms with Crippen LogP contribution in [0.5, 0.6) is 11.5 Å². The third kappa shape index (κ3) is 3.56. The average molecular weight is 337 g/mol. The molecular weight excluding hydrogens is 317 g/mol. The zero-order valence-electron chi connectivity index (χ0n) is 13.9. The molecule has 1 saturated heterocycles. The third-order valence-corrected chi connectivity index (χ3v) is 4.49. The molecule has 1 aliphatic heterocycles. The van der Waals surface area contributed by atoms with E-state index >= 15 is 0 Å². The summed E-state index contributed by atoms with van der Waals surface area (Å²) in [6.45, 7) is 2.00. The van der Waals surface area contributed by atoms with Gasteiger partial charge in [-0.1, -0.05) is 18.2 Å². The zero-order chi connectivity index (χ0) is 17.1. The zero-order valence-corrected chi connectivity index (χ0v) is 13.9. The van der Waals surface area contributed by atoms with E-state index in [9.17, 15) is 4.39 Å². The van der Waals surface area contributed by atoms with Crippen LogP contribution in [-0.4, -0.2) is 22.9 Å². The van der Waals surface area contributed by atoms with E-state index in [2.05, 4.69) is 10.4 Å². The second kappa shape index (κ2) is 7.07. The normalized spacial score (nSPS) is 15.2. The van der Waals surface area contributed by atoms with Crippen LogP contribution in [0.15, 0.2) is 60.8 Å². The smallest absolute Gasteiger partial charge is 0.136 e. The Balaban J connectivity index is 1.54. The van der Waals surface area contributed by atoms with Crippen molar-refractivity contribution < 1.29 is 9.13 Å². The number of ether oxygens (including phenoxy) is 1. The van der Waals surface area contributed by atoms with E-state index in [0.717, 1.165) is 25.9 Å². The molecule has 0 saturated carbocycles. The summed E-state index contributed by atoms with van der Waals surface area (Å²) in [6.07, 6.45) is 4.04. The molecule has 0 radical (unpaired) electrons. The highest BCUT2D eigenvalue weighted by molar-refractivity contribution is 5.60. The number of rotatable bonds is 4. The van der Waals surface area contributed by atoms with E-state index in [1.54, 1.807) is 12.1 Å². The molecule has 3 aromatic rings. The van der Waals surface area contributed by atoms with Crippen LogP contribution >= 0.6 is 0 Å². The first-order valence-corrected chi connectivity index (χ1v) is 8.58. The van der Waals surface area contributed by atoms with Crippen LogP contribution in [0.1, 0.15) is 18.9 Å². The summed E-state index contributed by atoms with van der Waals surface area (Å²) in [7, 11) is 0. The number of para-hydroxylation sites is 1. The molecule has 4 nitrogen and oxygen atoms in total. The Morgan fingerprint density at radius 1 is 1.00 bits per heavy atom. The molecule has 1 aromatic heterocycles. The van der Waals surface area contributed by atoms with Gasteiger partial charge in [-0.2, -0.15) is 5.10 Å². The lowest BCUT2D eigenvalue weighted by Gasteiger charge is -2.22. The lowest BCUT2D eigenvalue weighted by Crippen LogP contribution is -2.29. The predicted octanol–water partition coefficient (Wildman–Crippen LogP) is 4.41. The van der Waals surface area contributed by atoms with Gasteiger partial charge in [0.15, 0.2) is 0 Å². The molecule has 5 heteroatoms. The minimum absolute atomic E-state index is 0.330. The summed E-state index contributed by atoms with van der Waals surface area (Å²) in [6, 6.07) is 16.5. The molecule has 1 fully saturated rings. The van der Waals surface area contributed by atoms with E-state index in [-0.39, 0.29) is 5.82 Å². The highest BCUT2D eigenvalue weighted by Gasteiger charge is 2.17. The third-order valence-electron chi connectivity index (χ3n) is 4.49. The molecule has 4 rings (SSSR count). The number of halogens is 1. The van der Waals surface area contributed by atoms with Gasteiger partial charge in [-0.05, 0) is 56.3 Å². The van der Waals surface area contributed by atoms with Crippen molar-refractivity contribution in [3.8, 4) is 22.8 Å². The number of nitrogens with one attached hydrogen (secondary N) is 1. The molecule has 0 aliphatic carbocycles. The van der Waals surface area contributed by atoms with Crippen molar-refractivity contribution in [3.63, 3.8) is 0 Å². The maximum Gasteiger partial charge on any atom is 0.136 e. The first-order valence-electron chi connectivity index (χ1n) is 8.58. The number of benzene rings is 2. The van der Waals surface area contributed by atoms with Crippen LogP contribution in [-0.2, 0) is 0 Å². The molecular formula is C20H20FN3O. The van der Waals surface area contributed by atoms with Gasteiger partial charge >= 0.3 is 0 Å². The molecule has 2 aromatic carbocycles. The monoisotopic (exact) mass is 337 g/mol. The van der Waals surface area contributed by atoms with Crippen LogP contribution in [0.25, 0.3) is 11.3 Å². The van der Waals surface area contributed by atoms with Gasteiger partial charge < -0.3 is 10.1 Å². The van der Waals surface area contributed by atoms with Crippen LogP contribution in [0.3, 0.4) is 0 Å². The number of hydrogen-bond donors (Lipinski definition) is 1. The Kier molecular flexibility index (Phi) is 4.48. The van der Waals surface area contributed by atoms with Gasteiger partial charge in [-0.15, -0.1) is 0 Å². The van der Waals surface area contributed by atoms with Gasteiger partial charge in [-0.25, -0.2) is 4.39 Å². The fraction of sp³-hybridized carbons (Fsp3) is 0.250. The fourth-order valence-electron chi connectivity index (χ4n) is 3.15. The van der Waals surface area contributed by atoms with E-state index < -0.39 is 0 Å². The quantitative estimate of drug-likeness (QED) is 0.767. The van der Waals surface area contributed by atoms with Crippen molar-refractivity contribution in [1.82, 2.24) is 15.1 Å². The van der Waals surface area contributed by atoms with Gasteiger partial charge in [0.05, 0.1) is 11.7 Å². The second-order valence-electron chi connectivity index (χ2n) is 6.22. The van der Waals surface area contributed by atoms with Crippen molar-refractivity contribution in [3.05, 3.63) is 66.6 Å². The van der Waals surface area contributed by atoms with Gasteiger partial charge in [0.25, 0.3) is 0 Å². The second-order valence-corrected chi connectivity index (χ2v) is 6.22. The van der Waals surface area contributed by atoms with Gasteiger partial charge in [0.2, 0.25) is 0 Å². The summed E-state index contributed by atoms with van der Waals surface area (Å²) < 4.78 is 22.2. The largest absolute Gasteiger partial charge is 0.457 e. The maximum absolute atomic E-state index is 14.6. The molecule has 0 atom stereocenters. The molecule has 0 bridgehead atoms. The Morgan fingerprint density at radius 3 is 2.56 bits per heavy atom. The molecule has 1 N–H and O–H groups in total. The molecule has 2 heterocycles. The number of piperidine rings is 1. The molecule has 0 spiro atoms. The Morgan fingerprint density at radius 2 is 1.80 bits per heavy atom.